The molecule has 1 fully saturated rings. The zero-order valence-electron chi connectivity index (χ0n) is 12.9. The molecule has 118 valence electrons. The van der Waals surface area contributed by atoms with Crippen LogP contribution in [0.4, 0.5) is 14.9 Å². The van der Waals surface area contributed by atoms with Crippen LogP contribution in [0.2, 0.25) is 0 Å². The Labute approximate surface area is 135 Å². The molecule has 1 heterocycles. The molecule has 0 saturated heterocycles. The van der Waals surface area contributed by atoms with Crippen molar-refractivity contribution in [3.63, 3.8) is 0 Å². The van der Waals surface area contributed by atoms with Crippen LogP contribution in [-0.4, -0.2) is 23.5 Å². The molecule has 0 N–H and O–H groups in total. The first kappa shape index (κ1) is 14.2. The SMILES string of the molecule is O=C(N1CCc2ccccc21)N(Cc1cccc(F)c1)C1CC1. The van der Waals surface area contributed by atoms with Gasteiger partial charge in [-0.2, -0.15) is 0 Å². The van der Waals surface area contributed by atoms with E-state index >= 15 is 0 Å². The second kappa shape index (κ2) is 5.69. The lowest BCUT2D eigenvalue weighted by molar-refractivity contribution is 0.199. The molecule has 1 aliphatic carbocycles. The summed E-state index contributed by atoms with van der Waals surface area (Å²) in [5.41, 5.74) is 3.09. The first-order valence-corrected chi connectivity index (χ1v) is 8.13. The Kier molecular flexibility index (Phi) is 3.52. The summed E-state index contributed by atoms with van der Waals surface area (Å²) in [6, 6.07) is 14.9. The maximum absolute atomic E-state index is 13.4. The van der Waals surface area contributed by atoms with Gasteiger partial charge in [0.15, 0.2) is 0 Å². The number of amides is 2. The number of carbonyl (C=O) groups excluding carboxylic acids is 1. The summed E-state index contributed by atoms with van der Waals surface area (Å²) in [7, 11) is 0. The average molecular weight is 310 g/mol. The minimum Gasteiger partial charge on any atom is -0.317 e. The molecule has 0 unspecified atom stereocenters. The summed E-state index contributed by atoms with van der Waals surface area (Å²) in [5, 5.41) is 0. The lowest BCUT2D eigenvalue weighted by atomic mass is 10.2. The molecule has 2 amide bonds. The number of anilines is 1. The molecule has 1 saturated carbocycles. The van der Waals surface area contributed by atoms with E-state index in [2.05, 4.69) is 6.07 Å². The number of carbonyl (C=O) groups is 1. The highest BCUT2D eigenvalue weighted by atomic mass is 19.1. The van der Waals surface area contributed by atoms with Crippen molar-refractivity contribution in [3.05, 3.63) is 65.5 Å². The van der Waals surface area contributed by atoms with Crippen molar-refractivity contribution >= 4 is 11.7 Å². The maximum Gasteiger partial charge on any atom is 0.325 e. The highest BCUT2D eigenvalue weighted by Crippen LogP contribution is 2.33. The molecule has 2 aliphatic rings. The van der Waals surface area contributed by atoms with Crippen LogP contribution in [0.25, 0.3) is 0 Å². The first-order chi connectivity index (χ1) is 11.2. The second-order valence-corrected chi connectivity index (χ2v) is 6.30. The Morgan fingerprint density at radius 1 is 1.17 bits per heavy atom. The molecule has 23 heavy (non-hydrogen) atoms. The van der Waals surface area contributed by atoms with E-state index in [0.29, 0.717) is 12.6 Å². The van der Waals surface area contributed by atoms with Gasteiger partial charge >= 0.3 is 6.03 Å². The molecule has 0 spiro atoms. The Hall–Kier alpha value is -2.36. The predicted molar refractivity (Wildman–Crippen MR) is 87.9 cm³/mol. The average Bonchev–Trinajstić information content (AvgIpc) is 3.31. The van der Waals surface area contributed by atoms with Crippen molar-refractivity contribution < 1.29 is 9.18 Å². The van der Waals surface area contributed by atoms with Gasteiger partial charge < -0.3 is 4.90 Å². The van der Waals surface area contributed by atoms with Crippen LogP contribution in [0.15, 0.2) is 48.5 Å². The third-order valence-corrected chi connectivity index (χ3v) is 4.59. The predicted octanol–water partition coefficient (Wildman–Crippen LogP) is 3.97. The summed E-state index contributed by atoms with van der Waals surface area (Å²) in [6.07, 6.45) is 2.98. The van der Waals surface area contributed by atoms with E-state index in [4.69, 9.17) is 0 Å². The molecule has 0 atom stereocenters. The molecule has 0 bridgehead atoms. The van der Waals surface area contributed by atoms with Crippen LogP contribution in [0.1, 0.15) is 24.0 Å². The van der Waals surface area contributed by atoms with Crippen LogP contribution in [-0.2, 0) is 13.0 Å². The lowest BCUT2D eigenvalue weighted by Gasteiger charge is -2.28. The zero-order chi connectivity index (χ0) is 15.8. The standard InChI is InChI=1S/C19H19FN2O/c20-16-6-3-4-14(12-16)13-22(17-8-9-17)19(23)21-11-10-15-5-1-2-7-18(15)21/h1-7,12,17H,8-11,13H2. The van der Waals surface area contributed by atoms with E-state index in [9.17, 15) is 9.18 Å². The van der Waals surface area contributed by atoms with Gasteiger partial charge in [-0.15, -0.1) is 0 Å². The van der Waals surface area contributed by atoms with Gasteiger partial charge in [0.1, 0.15) is 5.82 Å². The van der Waals surface area contributed by atoms with Gasteiger partial charge in [0.05, 0.1) is 0 Å². The molecule has 2 aromatic rings. The minimum atomic E-state index is -0.253. The van der Waals surface area contributed by atoms with Gasteiger partial charge in [-0.3, -0.25) is 4.90 Å². The highest BCUT2D eigenvalue weighted by Gasteiger charge is 2.37. The van der Waals surface area contributed by atoms with Gasteiger partial charge in [-0.25, -0.2) is 9.18 Å². The smallest absolute Gasteiger partial charge is 0.317 e. The quantitative estimate of drug-likeness (QED) is 0.841. The van der Waals surface area contributed by atoms with Crippen LogP contribution in [0.3, 0.4) is 0 Å². The first-order valence-electron chi connectivity index (χ1n) is 8.13. The Morgan fingerprint density at radius 2 is 2.00 bits per heavy atom. The zero-order valence-corrected chi connectivity index (χ0v) is 12.9. The molecular weight excluding hydrogens is 291 g/mol. The molecule has 3 nitrogen and oxygen atoms in total. The fourth-order valence-electron chi connectivity index (χ4n) is 3.26. The van der Waals surface area contributed by atoms with E-state index in [1.807, 2.05) is 34.1 Å². The Morgan fingerprint density at radius 3 is 2.78 bits per heavy atom. The van der Waals surface area contributed by atoms with E-state index in [1.165, 1.54) is 17.7 Å². The number of hydrogen-bond acceptors (Lipinski definition) is 1. The topological polar surface area (TPSA) is 23.6 Å². The number of halogens is 1. The lowest BCUT2D eigenvalue weighted by Crippen LogP contribution is -2.43. The number of fused-ring (bicyclic) bond motifs is 1. The number of urea groups is 1. The number of rotatable bonds is 3. The van der Waals surface area contributed by atoms with E-state index in [1.54, 1.807) is 6.07 Å². The fraction of sp³-hybridized carbons (Fsp3) is 0.316. The largest absolute Gasteiger partial charge is 0.325 e. The Bertz CT molecular complexity index is 742. The Balaban J connectivity index is 1.57. The van der Waals surface area contributed by atoms with Crippen LogP contribution < -0.4 is 4.90 Å². The molecule has 4 rings (SSSR count). The molecule has 2 aromatic carbocycles. The summed E-state index contributed by atoms with van der Waals surface area (Å²) in [5.74, 6) is -0.253. The van der Waals surface area contributed by atoms with E-state index in [0.717, 1.165) is 37.1 Å². The maximum atomic E-state index is 13.4. The second-order valence-electron chi connectivity index (χ2n) is 6.30. The third-order valence-electron chi connectivity index (χ3n) is 4.59. The third kappa shape index (κ3) is 2.81. The van der Waals surface area contributed by atoms with Gasteiger partial charge in [0.25, 0.3) is 0 Å². The van der Waals surface area contributed by atoms with Gasteiger partial charge in [-0.05, 0) is 48.6 Å². The van der Waals surface area contributed by atoms with E-state index in [-0.39, 0.29) is 11.8 Å². The van der Waals surface area contributed by atoms with Crippen molar-refractivity contribution in [2.45, 2.75) is 31.8 Å². The molecular formula is C19H19FN2O. The van der Waals surface area contributed by atoms with Gasteiger partial charge in [0, 0.05) is 24.8 Å². The van der Waals surface area contributed by atoms with Crippen molar-refractivity contribution in [1.82, 2.24) is 4.90 Å². The van der Waals surface area contributed by atoms with Crippen molar-refractivity contribution in [2.24, 2.45) is 0 Å². The normalized spacial score (nSPS) is 16.3. The summed E-state index contributed by atoms with van der Waals surface area (Å²) in [4.78, 5) is 16.8. The molecule has 0 aromatic heterocycles. The van der Waals surface area contributed by atoms with Crippen LogP contribution in [0, 0.1) is 5.82 Å². The minimum absolute atomic E-state index is 0.0433. The van der Waals surface area contributed by atoms with Crippen molar-refractivity contribution in [3.8, 4) is 0 Å². The number of para-hydroxylation sites is 1. The summed E-state index contributed by atoms with van der Waals surface area (Å²) < 4.78 is 13.4. The number of benzene rings is 2. The number of hydrogen-bond donors (Lipinski definition) is 0. The van der Waals surface area contributed by atoms with Crippen LogP contribution in [0.5, 0.6) is 0 Å². The van der Waals surface area contributed by atoms with E-state index < -0.39 is 0 Å². The van der Waals surface area contributed by atoms with Gasteiger partial charge in [0.2, 0.25) is 0 Å². The van der Waals surface area contributed by atoms with Crippen molar-refractivity contribution in [2.75, 3.05) is 11.4 Å². The summed E-state index contributed by atoms with van der Waals surface area (Å²) >= 11 is 0. The number of nitrogens with zero attached hydrogens (tertiary/aromatic N) is 2. The molecule has 4 heteroatoms. The van der Waals surface area contributed by atoms with Crippen LogP contribution >= 0.6 is 0 Å². The molecule has 0 radical (unpaired) electrons. The van der Waals surface area contributed by atoms with Gasteiger partial charge in [-0.1, -0.05) is 30.3 Å². The molecule has 1 aliphatic heterocycles. The fourth-order valence-corrected chi connectivity index (χ4v) is 3.26. The summed E-state index contributed by atoms with van der Waals surface area (Å²) in [6.45, 7) is 1.20. The monoisotopic (exact) mass is 310 g/mol. The highest BCUT2D eigenvalue weighted by molar-refractivity contribution is 5.94. The van der Waals surface area contributed by atoms with Crippen molar-refractivity contribution in [1.29, 1.82) is 0 Å².